The number of pyridine rings is 1. The molecule has 3 aromatic carbocycles. The van der Waals surface area contributed by atoms with Crippen LogP contribution in [0.25, 0.3) is 44.1 Å². The second kappa shape index (κ2) is 8.93. The highest BCUT2D eigenvalue weighted by Crippen LogP contribution is 2.35. The Balaban J connectivity index is 1.34. The number of Topliss-reactive ketones (excluding diaryl/α,β-unsaturated/α-hetero) is 1. The van der Waals surface area contributed by atoms with Crippen molar-refractivity contribution in [1.29, 1.82) is 0 Å². The van der Waals surface area contributed by atoms with E-state index in [9.17, 15) is 9.59 Å². The molecule has 0 bridgehead atoms. The Morgan fingerprint density at radius 2 is 1.83 bits per heavy atom. The summed E-state index contributed by atoms with van der Waals surface area (Å²) < 4.78 is 8.26. The molecule has 0 radical (unpaired) electrons. The Labute approximate surface area is 208 Å². The molecule has 0 aliphatic rings. The minimum Gasteiger partial charge on any atom is -0.455 e. The van der Waals surface area contributed by atoms with Gasteiger partial charge in [0, 0.05) is 64.6 Å². The maximum absolute atomic E-state index is 12.8. The number of rotatable bonds is 7. The Morgan fingerprint density at radius 1 is 0.972 bits per heavy atom. The smallest absolute Gasteiger partial charge is 0.165 e. The number of hydrogen-bond acceptors (Lipinski definition) is 4. The predicted octanol–water partition coefficient (Wildman–Crippen LogP) is 7.12. The van der Waals surface area contributed by atoms with E-state index < -0.39 is 0 Å². The summed E-state index contributed by atoms with van der Waals surface area (Å²) in [4.78, 5) is 28.3. The fourth-order valence-electron chi connectivity index (χ4n) is 4.91. The summed E-state index contributed by atoms with van der Waals surface area (Å²) in [5.74, 6) is -0.0103. The molecule has 0 atom stereocenters. The first-order valence-corrected chi connectivity index (χ1v) is 12.0. The molecule has 5 heteroatoms. The molecule has 0 saturated carbocycles. The number of fused-ring (bicyclic) bond motifs is 4. The van der Waals surface area contributed by atoms with E-state index in [2.05, 4.69) is 22.8 Å². The molecule has 0 aliphatic carbocycles. The summed E-state index contributed by atoms with van der Waals surface area (Å²) in [6, 6.07) is 24.4. The van der Waals surface area contributed by atoms with Crippen molar-refractivity contribution in [1.82, 2.24) is 9.55 Å². The van der Waals surface area contributed by atoms with Crippen molar-refractivity contribution in [3.63, 3.8) is 0 Å². The summed E-state index contributed by atoms with van der Waals surface area (Å²) in [5, 5.41) is 3.10. The van der Waals surface area contributed by atoms with Gasteiger partial charge in [0.15, 0.2) is 5.78 Å². The van der Waals surface area contributed by atoms with E-state index in [4.69, 9.17) is 9.40 Å². The summed E-state index contributed by atoms with van der Waals surface area (Å²) in [7, 11) is 0. The Morgan fingerprint density at radius 3 is 2.67 bits per heavy atom. The maximum atomic E-state index is 12.8. The number of aryl methyl sites for hydroxylation is 1. The molecule has 5 nitrogen and oxygen atoms in total. The number of nitrogens with zero attached hydrogens (tertiary/aromatic N) is 2. The topological polar surface area (TPSA) is 65.1 Å². The maximum Gasteiger partial charge on any atom is 0.165 e. The molecule has 36 heavy (non-hydrogen) atoms. The van der Waals surface area contributed by atoms with Crippen LogP contribution in [0.15, 0.2) is 89.6 Å². The molecule has 3 aromatic heterocycles. The molecule has 3 heterocycles. The van der Waals surface area contributed by atoms with E-state index in [1.165, 1.54) is 0 Å². The highest BCUT2D eigenvalue weighted by atomic mass is 16.3. The molecule has 0 unspecified atom stereocenters. The second-order valence-electron chi connectivity index (χ2n) is 9.15. The van der Waals surface area contributed by atoms with Crippen molar-refractivity contribution in [3.8, 4) is 11.3 Å². The van der Waals surface area contributed by atoms with Gasteiger partial charge in [0.05, 0.1) is 5.69 Å². The zero-order valence-corrected chi connectivity index (χ0v) is 19.9. The lowest BCUT2D eigenvalue weighted by Crippen LogP contribution is -2.00. The van der Waals surface area contributed by atoms with Gasteiger partial charge in [0.1, 0.15) is 17.5 Å². The van der Waals surface area contributed by atoms with Crippen molar-refractivity contribution in [2.24, 2.45) is 0 Å². The third-order valence-electron chi connectivity index (χ3n) is 6.68. The third kappa shape index (κ3) is 3.79. The van der Waals surface area contributed by atoms with Crippen molar-refractivity contribution < 1.29 is 14.0 Å². The van der Waals surface area contributed by atoms with E-state index in [1.54, 1.807) is 0 Å². The number of furan rings is 1. The van der Waals surface area contributed by atoms with Crippen molar-refractivity contribution in [2.45, 2.75) is 26.3 Å². The average molecular weight is 473 g/mol. The average Bonchev–Trinajstić information content (AvgIpc) is 3.46. The molecule has 6 aromatic rings. The number of benzene rings is 3. The second-order valence-corrected chi connectivity index (χ2v) is 9.15. The van der Waals surface area contributed by atoms with Crippen LogP contribution in [-0.2, 0) is 11.3 Å². The molecule has 0 fully saturated rings. The van der Waals surface area contributed by atoms with Crippen LogP contribution in [-0.4, -0.2) is 21.6 Å². The number of ketones is 1. The molecule has 0 N–H and O–H groups in total. The van der Waals surface area contributed by atoms with E-state index >= 15 is 0 Å². The fourth-order valence-corrected chi connectivity index (χ4v) is 4.91. The molecule has 0 aliphatic heterocycles. The van der Waals surface area contributed by atoms with Crippen LogP contribution in [0.5, 0.6) is 0 Å². The zero-order chi connectivity index (χ0) is 24.6. The summed E-state index contributed by atoms with van der Waals surface area (Å²) >= 11 is 0. The van der Waals surface area contributed by atoms with Gasteiger partial charge in [0.2, 0.25) is 0 Å². The van der Waals surface area contributed by atoms with Crippen molar-refractivity contribution >= 4 is 44.9 Å². The van der Waals surface area contributed by atoms with Crippen LogP contribution < -0.4 is 0 Å². The number of carbonyl (C=O) groups excluding carboxylic acids is 2. The Hall–Kier alpha value is -4.51. The summed E-state index contributed by atoms with van der Waals surface area (Å²) in [6.07, 6.45) is 5.03. The molecule has 0 spiro atoms. The van der Waals surface area contributed by atoms with Gasteiger partial charge in [-0.15, -0.1) is 0 Å². The van der Waals surface area contributed by atoms with E-state index in [0.717, 1.165) is 61.5 Å². The molecule has 0 amide bonds. The SMILES string of the molecule is Cc1ccc2c(c1)c(C(=O)CCC=O)cn2Cc1ccc(-c2cccc3c2oc2ccccc23)nc1. The van der Waals surface area contributed by atoms with Gasteiger partial charge in [-0.05, 0) is 42.8 Å². The summed E-state index contributed by atoms with van der Waals surface area (Å²) in [6.45, 7) is 2.60. The molecule has 176 valence electrons. The number of para-hydroxylation sites is 2. The third-order valence-corrected chi connectivity index (χ3v) is 6.68. The van der Waals surface area contributed by atoms with Gasteiger partial charge in [-0.1, -0.05) is 48.0 Å². The largest absolute Gasteiger partial charge is 0.455 e. The first kappa shape index (κ1) is 22.0. The lowest BCUT2D eigenvalue weighted by atomic mass is 10.0. The summed E-state index contributed by atoms with van der Waals surface area (Å²) in [5.41, 5.74) is 7.29. The van der Waals surface area contributed by atoms with Crippen molar-refractivity contribution in [3.05, 3.63) is 102 Å². The monoisotopic (exact) mass is 472 g/mol. The van der Waals surface area contributed by atoms with Crippen LogP contribution in [0, 0.1) is 6.92 Å². The first-order valence-electron chi connectivity index (χ1n) is 12.0. The molecule has 6 rings (SSSR count). The minimum absolute atomic E-state index is 0.0103. The van der Waals surface area contributed by atoms with Gasteiger partial charge >= 0.3 is 0 Å². The van der Waals surface area contributed by atoms with Gasteiger partial charge in [-0.2, -0.15) is 0 Å². The van der Waals surface area contributed by atoms with E-state index in [1.807, 2.05) is 73.9 Å². The number of aromatic nitrogens is 2. The van der Waals surface area contributed by atoms with Gasteiger partial charge in [-0.25, -0.2) is 0 Å². The lowest BCUT2D eigenvalue weighted by Gasteiger charge is -2.07. The van der Waals surface area contributed by atoms with Crippen LogP contribution in [0.3, 0.4) is 0 Å². The highest BCUT2D eigenvalue weighted by Gasteiger charge is 2.16. The highest BCUT2D eigenvalue weighted by molar-refractivity contribution is 6.09. The normalized spacial score (nSPS) is 11.5. The molecular weight excluding hydrogens is 448 g/mol. The first-order chi connectivity index (χ1) is 17.6. The van der Waals surface area contributed by atoms with E-state index in [0.29, 0.717) is 12.1 Å². The van der Waals surface area contributed by atoms with Gasteiger partial charge < -0.3 is 13.8 Å². The predicted molar refractivity (Wildman–Crippen MR) is 142 cm³/mol. The van der Waals surface area contributed by atoms with Crippen LogP contribution >= 0.6 is 0 Å². The van der Waals surface area contributed by atoms with Crippen LogP contribution in [0.1, 0.15) is 34.3 Å². The molecule has 0 saturated heterocycles. The number of carbonyl (C=O) groups is 2. The molecular formula is C31H24N2O3. The van der Waals surface area contributed by atoms with Crippen LogP contribution in [0.4, 0.5) is 0 Å². The van der Waals surface area contributed by atoms with Gasteiger partial charge in [0.25, 0.3) is 0 Å². The standard InChI is InChI=1S/C31H24N2O3/c1-20-11-14-28-25(16-20)26(29(35)9-5-15-34)19-33(28)18-21-12-13-27(32-17-21)24-8-4-7-23-22-6-2-3-10-30(22)36-31(23)24/h2-4,6-8,10-17,19H,5,9,18H2,1H3. The Bertz CT molecular complexity index is 1760. The van der Waals surface area contributed by atoms with E-state index in [-0.39, 0.29) is 18.6 Å². The Kier molecular flexibility index (Phi) is 5.45. The lowest BCUT2D eigenvalue weighted by molar-refractivity contribution is -0.107. The quantitative estimate of drug-likeness (QED) is 0.183. The van der Waals surface area contributed by atoms with Crippen LogP contribution in [0.2, 0.25) is 0 Å². The fraction of sp³-hybridized carbons (Fsp3) is 0.129. The zero-order valence-electron chi connectivity index (χ0n) is 19.9. The number of hydrogen-bond donors (Lipinski definition) is 0. The van der Waals surface area contributed by atoms with Gasteiger partial charge in [-0.3, -0.25) is 9.78 Å². The minimum atomic E-state index is -0.0103. The number of aldehydes is 1. The van der Waals surface area contributed by atoms with Crippen molar-refractivity contribution in [2.75, 3.05) is 0 Å².